The number of carbonyl (C=O) groups is 1. The summed E-state index contributed by atoms with van der Waals surface area (Å²) in [7, 11) is 0. The van der Waals surface area contributed by atoms with E-state index in [2.05, 4.69) is 71.5 Å². The highest BCUT2D eigenvalue weighted by Crippen LogP contribution is 2.19. The summed E-state index contributed by atoms with van der Waals surface area (Å²) in [6.45, 7) is 7.41. The Hall–Kier alpha value is -2.59. The van der Waals surface area contributed by atoms with E-state index in [4.69, 9.17) is 0 Å². The summed E-state index contributed by atoms with van der Waals surface area (Å²) in [6.07, 6.45) is 0.823. The molecule has 0 atom stereocenters. The topological polar surface area (TPSA) is 32.3 Å². The molecular formula is C25H27BrN2O. The molecule has 3 aromatic carbocycles. The van der Waals surface area contributed by atoms with Crippen LogP contribution >= 0.6 is 15.9 Å². The van der Waals surface area contributed by atoms with Gasteiger partial charge in [0.15, 0.2) is 0 Å². The normalized spacial score (nSPS) is 10.6. The monoisotopic (exact) mass is 450 g/mol. The van der Waals surface area contributed by atoms with E-state index in [0.29, 0.717) is 13.1 Å². The van der Waals surface area contributed by atoms with Gasteiger partial charge in [-0.3, -0.25) is 0 Å². The number of aryl methyl sites for hydroxylation is 3. The number of rotatable bonds is 6. The van der Waals surface area contributed by atoms with E-state index >= 15 is 0 Å². The fourth-order valence-corrected chi connectivity index (χ4v) is 3.62. The number of hydrogen-bond donors (Lipinski definition) is 1. The summed E-state index contributed by atoms with van der Waals surface area (Å²) in [5.74, 6) is 0. The van der Waals surface area contributed by atoms with Crippen LogP contribution in [-0.4, -0.2) is 17.5 Å². The second kappa shape index (κ2) is 9.75. The molecule has 0 radical (unpaired) electrons. The summed E-state index contributed by atoms with van der Waals surface area (Å²) in [5.41, 5.74) is 6.75. The molecule has 150 valence electrons. The maximum absolute atomic E-state index is 13.1. The van der Waals surface area contributed by atoms with Crippen molar-refractivity contribution in [2.45, 2.75) is 33.7 Å². The number of urea groups is 1. The van der Waals surface area contributed by atoms with Gasteiger partial charge in [-0.15, -0.1) is 0 Å². The molecule has 0 fully saturated rings. The lowest BCUT2D eigenvalue weighted by Crippen LogP contribution is -2.36. The molecule has 1 N–H and O–H groups in total. The molecule has 3 aromatic rings. The van der Waals surface area contributed by atoms with E-state index in [-0.39, 0.29) is 6.03 Å². The fourth-order valence-electron chi connectivity index (χ4n) is 3.36. The van der Waals surface area contributed by atoms with E-state index in [1.807, 2.05) is 42.2 Å². The van der Waals surface area contributed by atoms with Crippen LogP contribution in [0.15, 0.2) is 71.2 Å². The summed E-state index contributed by atoms with van der Waals surface area (Å²) in [6, 6.07) is 22.5. The predicted octanol–water partition coefficient (Wildman–Crippen LogP) is 6.65. The van der Waals surface area contributed by atoms with Gasteiger partial charge in [0.05, 0.1) is 0 Å². The number of benzene rings is 3. The molecule has 0 heterocycles. The van der Waals surface area contributed by atoms with Gasteiger partial charge < -0.3 is 10.2 Å². The molecule has 4 heteroatoms. The third-order valence-corrected chi connectivity index (χ3v) is 5.64. The molecule has 0 saturated heterocycles. The molecule has 0 spiro atoms. The van der Waals surface area contributed by atoms with E-state index in [1.165, 1.54) is 16.7 Å². The third-order valence-electron chi connectivity index (χ3n) is 5.11. The van der Waals surface area contributed by atoms with Gasteiger partial charge in [0.2, 0.25) is 0 Å². The second-order valence-electron chi connectivity index (χ2n) is 7.47. The first-order valence-corrected chi connectivity index (χ1v) is 10.6. The minimum Gasteiger partial charge on any atom is -0.320 e. The maximum atomic E-state index is 13.1. The average molecular weight is 451 g/mol. The van der Waals surface area contributed by atoms with Crippen molar-refractivity contribution in [3.8, 4) is 0 Å². The van der Waals surface area contributed by atoms with Gasteiger partial charge in [-0.25, -0.2) is 4.79 Å². The second-order valence-corrected chi connectivity index (χ2v) is 8.39. The quantitative estimate of drug-likeness (QED) is 0.447. The van der Waals surface area contributed by atoms with E-state index in [0.717, 1.165) is 27.7 Å². The van der Waals surface area contributed by atoms with E-state index < -0.39 is 0 Å². The lowest BCUT2D eigenvalue weighted by molar-refractivity contribution is 0.209. The number of carbonyl (C=O) groups excluding carboxylic acids is 1. The average Bonchev–Trinajstić information content (AvgIpc) is 2.70. The first kappa shape index (κ1) is 21.1. The lowest BCUT2D eigenvalue weighted by atomic mass is 10.1. The molecule has 0 unspecified atom stereocenters. The van der Waals surface area contributed by atoms with Crippen LogP contribution in [0.1, 0.15) is 27.8 Å². The molecule has 29 heavy (non-hydrogen) atoms. The Morgan fingerprint density at radius 1 is 0.931 bits per heavy atom. The van der Waals surface area contributed by atoms with Crippen LogP contribution in [0.5, 0.6) is 0 Å². The highest BCUT2D eigenvalue weighted by atomic mass is 79.9. The molecular weight excluding hydrogens is 424 g/mol. The SMILES string of the molecule is Cc1ccc(NC(=O)N(CCc2ccccc2C)Cc2ccc(Br)cc2)c(C)c1. The number of anilines is 1. The van der Waals surface area contributed by atoms with Gasteiger partial charge in [-0.2, -0.15) is 0 Å². The highest BCUT2D eigenvalue weighted by molar-refractivity contribution is 9.10. The first-order chi connectivity index (χ1) is 13.9. The van der Waals surface area contributed by atoms with Crippen molar-refractivity contribution in [2.24, 2.45) is 0 Å². The molecule has 3 rings (SSSR count). The van der Waals surface area contributed by atoms with Crippen LogP contribution in [-0.2, 0) is 13.0 Å². The summed E-state index contributed by atoms with van der Waals surface area (Å²) in [5, 5.41) is 3.10. The Bertz CT molecular complexity index is 982. The van der Waals surface area contributed by atoms with Crippen molar-refractivity contribution in [3.05, 3.63) is 99.0 Å². The lowest BCUT2D eigenvalue weighted by Gasteiger charge is -2.24. The van der Waals surface area contributed by atoms with Gasteiger partial charge in [0.1, 0.15) is 0 Å². The molecule has 0 saturated carbocycles. The van der Waals surface area contributed by atoms with Crippen LogP contribution < -0.4 is 5.32 Å². The Morgan fingerprint density at radius 3 is 2.34 bits per heavy atom. The molecule has 0 bridgehead atoms. The minimum absolute atomic E-state index is 0.0755. The number of hydrogen-bond acceptors (Lipinski definition) is 1. The maximum Gasteiger partial charge on any atom is 0.322 e. The van der Waals surface area contributed by atoms with Crippen molar-refractivity contribution in [1.82, 2.24) is 4.90 Å². The molecule has 0 aromatic heterocycles. The Balaban J connectivity index is 1.77. The first-order valence-electron chi connectivity index (χ1n) is 9.84. The van der Waals surface area contributed by atoms with Crippen molar-refractivity contribution in [3.63, 3.8) is 0 Å². The van der Waals surface area contributed by atoms with Crippen molar-refractivity contribution in [2.75, 3.05) is 11.9 Å². The highest BCUT2D eigenvalue weighted by Gasteiger charge is 2.16. The standard InChI is InChI=1S/C25H27BrN2O/c1-18-8-13-24(20(3)16-18)27-25(29)28(17-21-9-11-23(26)12-10-21)15-14-22-7-5-4-6-19(22)2/h4-13,16H,14-15,17H2,1-3H3,(H,27,29). The minimum atomic E-state index is -0.0755. The van der Waals surface area contributed by atoms with Crippen LogP contribution in [0, 0.1) is 20.8 Å². The molecule has 3 nitrogen and oxygen atoms in total. The number of amides is 2. The van der Waals surface area contributed by atoms with Crippen molar-refractivity contribution >= 4 is 27.6 Å². The van der Waals surface area contributed by atoms with Gasteiger partial charge in [-0.1, -0.05) is 70.0 Å². The third kappa shape index (κ3) is 5.94. The zero-order chi connectivity index (χ0) is 20.8. The Morgan fingerprint density at radius 2 is 1.66 bits per heavy atom. The van der Waals surface area contributed by atoms with Crippen LogP contribution in [0.25, 0.3) is 0 Å². The van der Waals surface area contributed by atoms with E-state index in [1.54, 1.807) is 0 Å². The fraction of sp³-hybridized carbons (Fsp3) is 0.240. The zero-order valence-electron chi connectivity index (χ0n) is 17.2. The van der Waals surface area contributed by atoms with E-state index in [9.17, 15) is 4.79 Å². The van der Waals surface area contributed by atoms with Gasteiger partial charge >= 0.3 is 6.03 Å². The smallest absolute Gasteiger partial charge is 0.320 e. The predicted molar refractivity (Wildman–Crippen MR) is 124 cm³/mol. The summed E-state index contributed by atoms with van der Waals surface area (Å²) < 4.78 is 1.03. The number of nitrogens with one attached hydrogen (secondary N) is 1. The molecule has 2 amide bonds. The number of halogens is 1. The Labute approximate surface area is 181 Å². The van der Waals surface area contributed by atoms with Gasteiger partial charge in [0, 0.05) is 23.2 Å². The summed E-state index contributed by atoms with van der Waals surface area (Å²) >= 11 is 3.48. The van der Waals surface area contributed by atoms with Gasteiger partial charge in [-0.05, 0) is 67.6 Å². The van der Waals surface area contributed by atoms with Crippen molar-refractivity contribution in [1.29, 1.82) is 0 Å². The number of nitrogens with zero attached hydrogens (tertiary/aromatic N) is 1. The molecule has 0 aliphatic carbocycles. The molecule has 0 aliphatic heterocycles. The van der Waals surface area contributed by atoms with Gasteiger partial charge in [0.25, 0.3) is 0 Å². The van der Waals surface area contributed by atoms with Crippen molar-refractivity contribution < 1.29 is 4.79 Å². The van der Waals surface area contributed by atoms with Crippen LogP contribution in [0.3, 0.4) is 0 Å². The Kier molecular flexibility index (Phi) is 7.10. The van der Waals surface area contributed by atoms with Crippen LogP contribution in [0.2, 0.25) is 0 Å². The summed E-state index contributed by atoms with van der Waals surface area (Å²) in [4.78, 5) is 15.0. The molecule has 0 aliphatic rings. The largest absolute Gasteiger partial charge is 0.322 e. The zero-order valence-corrected chi connectivity index (χ0v) is 18.8. The van der Waals surface area contributed by atoms with Crippen LogP contribution in [0.4, 0.5) is 10.5 Å².